The number of piperidine rings is 1. The fraction of sp³-hybridized carbons (Fsp3) is 0.500. The molecule has 1 aromatic carbocycles. The van der Waals surface area contributed by atoms with E-state index in [0.717, 1.165) is 32.0 Å². The van der Waals surface area contributed by atoms with E-state index in [9.17, 15) is 18.3 Å². The lowest BCUT2D eigenvalue weighted by Gasteiger charge is -2.34. The van der Waals surface area contributed by atoms with Gasteiger partial charge in [-0.1, -0.05) is 18.2 Å². The van der Waals surface area contributed by atoms with Crippen LogP contribution in [0, 0.1) is 5.92 Å². The molecule has 7 heteroatoms. The van der Waals surface area contributed by atoms with Crippen LogP contribution in [0.5, 0.6) is 0 Å². The van der Waals surface area contributed by atoms with Gasteiger partial charge in [-0.3, -0.25) is 4.90 Å². The molecule has 136 valence electrons. The van der Waals surface area contributed by atoms with Gasteiger partial charge in [0, 0.05) is 26.0 Å². The van der Waals surface area contributed by atoms with Crippen molar-refractivity contribution in [2.75, 3.05) is 13.1 Å². The Balaban J connectivity index is 1.57. The first kappa shape index (κ1) is 17.9. The highest BCUT2D eigenvalue weighted by Gasteiger charge is 2.31. The molecule has 1 N–H and O–H groups in total. The van der Waals surface area contributed by atoms with Crippen LogP contribution in [0.15, 0.2) is 36.7 Å². The molecule has 4 nitrogen and oxygen atoms in total. The number of likely N-dealkylation sites (tertiary alicyclic amines) is 1. The van der Waals surface area contributed by atoms with Crippen LogP contribution in [0.2, 0.25) is 0 Å². The Morgan fingerprint density at radius 1 is 1.28 bits per heavy atom. The van der Waals surface area contributed by atoms with E-state index in [1.807, 2.05) is 11.6 Å². The number of rotatable bonds is 4. The van der Waals surface area contributed by atoms with Gasteiger partial charge in [0.15, 0.2) is 0 Å². The zero-order valence-electron chi connectivity index (χ0n) is 14.1. The third-order valence-corrected chi connectivity index (χ3v) is 4.86. The number of alkyl halides is 3. The molecule has 2 heterocycles. The van der Waals surface area contributed by atoms with Crippen molar-refractivity contribution in [3.63, 3.8) is 0 Å². The largest absolute Gasteiger partial charge is 0.416 e. The molecule has 3 rings (SSSR count). The second kappa shape index (κ2) is 7.17. The first-order valence-electron chi connectivity index (χ1n) is 8.38. The summed E-state index contributed by atoms with van der Waals surface area (Å²) in [6, 6.07) is 5.49. The highest BCUT2D eigenvalue weighted by Crippen LogP contribution is 2.32. The molecule has 1 fully saturated rings. The van der Waals surface area contributed by atoms with Crippen LogP contribution in [0.1, 0.15) is 35.9 Å². The van der Waals surface area contributed by atoms with Crippen LogP contribution in [0.3, 0.4) is 0 Å². The van der Waals surface area contributed by atoms with Gasteiger partial charge >= 0.3 is 6.18 Å². The summed E-state index contributed by atoms with van der Waals surface area (Å²) in [5.41, 5.74) is 0.0583. The minimum atomic E-state index is -4.31. The second-order valence-corrected chi connectivity index (χ2v) is 6.65. The van der Waals surface area contributed by atoms with Crippen molar-refractivity contribution in [2.24, 2.45) is 13.0 Å². The Kier molecular flexibility index (Phi) is 5.15. The lowest BCUT2D eigenvalue weighted by molar-refractivity contribution is -0.137. The number of nitrogens with zero attached hydrogens (tertiary/aromatic N) is 3. The minimum absolute atomic E-state index is 0.124. The summed E-state index contributed by atoms with van der Waals surface area (Å²) < 4.78 is 40.2. The summed E-state index contributed by atoms with van der Waals surface area (Å²) in [5.74, 6) is 0.787. The average molecular weight is 353 g/mol. The smallest absolute Gasteiger partial charge is 0.385 e. The first-order chi connectivity index (χ1) is 11.8. The number of aromatic nitrogens is 2. The zero-order valence-corrected chi connectivity index (χ0v) is 14.1. The molecule has 0 radical (unpaired) electrons. The standard InChI is InChI=1S/C18H22F3N3O/c1-23-10-7-22-17(23)16(25)14-5-8-24(9-6-14)12-13-3-2-4-15(11-13)18(19,20)21/h2-4,7,10-11,14,16,25H,5-6,8-9,12H2,1H3. The summed E-state index contributed by atoms with van der Waals surface area (Å²) >= 11 is 0. The van der Waals surface area contributed by atoms with Gasteiger partial charge in [0.2, 0.25) is 0 Å². The highest BCUT2D eigenvalue weighted by molar-refractivity contribution is 5.25. The van der Waals surface area contributed by atoms with Crippen molar-refractivity contribution in [3.05, 3.63) is 53.6 Å². The zero-order chi connectivity index (χ0) is 18.0. The van der Waals surface area contributed by atoms with E-state index >= 15 is 0 Å². The van der Waals surface area contributed by atoms with Crippen molar-refractivity contribution < 1.29 is 18.3 Å². The predicted molar refractivity (Wildman–Crippen MR) is 87.6 cm³/mol. The Hall–Kier alpha value is -1.86. The molecule has 0 amide bonds. The van der Waals surface area contributed by atoms with Gasteiger partial charge in [-0.15, -0.1) is 0 Å². The summed E-state index contributed by atoms with van der Waals surface area (Å²) in [4.78, 5) is 6.34. The number of imidazole rings is 1. The van der Waals surface area contributed by atoms with Gasteiger partial charge in [-0.2, -0.15) is 13.2 Å². The summed E-state index contributed by atoms with van der Waals surface area (Å²) in [6.45, 7) is 2.00. The fourth-order valence-corrected chi connectivity index (χ4v) is 3.40. The third kappa shape index (κ3) is 4.22. The van der Waals surface area contributed by atoms with E-state index in [1.54, 1.807) is 18.5 Å². The molecule has 1 aromatic heterocycles. The molecule has 1 aliphatic rings. The lowest BCUT2D eigenvalue weighted by Crippen LogP contribution is -2.35. The number of hydrogen-bond donors (Lipinski definition) is 1. The van der Waals surface area contributed by atoms with E-state index in [0.29, 0.717) is 17.9 Å². The third-order valence-electron chi connectivity index (χ3n) is 4.86. The van der Waals surface area contributed by atoms with Gasteiger partial charge in [-0.25, -0.2) is 4.98 Å². The molecule has 1 saturated heterocycles. The summed E-state index contributed by atoms with van der Waals surface area (Å²) in [5, 5.41) is 10.5. The molecular weight excluding hydrogens is 331 g/mol. The van der Waals surface area contributed by atoms with Crippen LogP contribution in [-0.2, 0) is 19.8 Å². The molecular formula is C18H22F3N3O. The van der Waals surface area contributed by atoms with E-state index < -0.39 is 17.8 Å². The van der Waals surface area contributed by atoms with E-state index in [2.05, 4.69) is 9.88 Å². The van der Waals surface area contributed by atoms with Gasteiger partial charge in [-0.05, 0) is 43.5 Å². The maximum atomic E-state index is 12.8. The average Bonchev–Trinajstić information content (AvgIpc) is 3.00. The van der Waals surface area contributed by atoms with Gasteiger partial charge in [0.1, 0.15) is 11.9 Å². The van der Waals surface area contributed by atoms with Crippen molar-refractivity contribution in [1.82, 2.24) is 14.5 Å². The normalized spacial score (nSPS) is 18.4. The Morgan fingerprint density at radius 3 is 2.60 bits per heavy atom. The van der Waals surface area contributed by atoms with E-state index in [4.69, 9.17) is 0 Å². The number of hydrogen-bond acceptors (Lipinski definition) is 3. The maximum Gasteiger partial charge on any atom is 0.416 e. The molecule has 0 saturated carbocycles. The Bertz CT molecular complexity index is 706. The molecule has 1 aliphatic heterocycles. The molecule has 2 aromatic rings. The number of aliphatic hydroxyl groups excluding tert-OH is 1. The van der Waals surface area contributed by atoms with Gasteiger partial charge < -0.3 is 9.67 Å². The number of halogens is 3. The van der Waals surface area contributed by atoms with Crippen LogP contribution in [0.25, 0.3) is 0 Å². The highest BCUT2D eigenvalue weighted by atomic mass is 19.4. The molecule has 25 heavy (non-hydrogen) atoms. The molecule has 1 unspecified atom stereocenters. The van der Waals surface area contributed by atoms with Crippen LogP contribution < -0.4 is 0 Å². The number of aliphatic hydroxyl groups is 1. The van der Waals surface area contributed by atoms with Crippen molar-refractivity contribution in [3.8, 4) is 0 Å². The SMILES string of the molecule is Cn1ccnc1C(O)C1CCN(Cc2cccc(C(F)(F)F)c2)CC1. The Labute approximate surface area is 144 Å². The van der Waals surface area contributed by atoms with Crippen LogP contribution >= 0.6 is 0 Å². The molecule has 0 bridgehead atoms. The second-order valence-electron chi connectivity index (χ2n) is 6.65. The van der Waals surface area contributed by atoms with Crippen molar-refractivity contribution in [1.29, 1.82) is 0 Å². The number of aryl methyl sites for hydroxylation is 1. The van der Waals surface area contributed by atoms with Crippen molar-refractivity contribution in [2.45, 2.75) is 31.7 Å². The predicted octanol–water partition coefficient (Wildman–Crippen LogP) is 3.38. The van der Waals surface area contributed by atoms with Crippen LogP contribution in [0.4, 0.5) is 13.2 Å². The minimum Gasteiger partial charge on any atom is -0.385 e. The van der Waals surface area contributed by atoms with Gasteiger partial charge in [0.25, 0.3) is 0 Å². The quantitative estimate of drug-likeness (QED) is 0.916. The van der Waals surface area contributed by atoms with Crippen molar-refractivity contribution >= 4 is 0 Å². The summed E-state index contributed by atoms with van der Waals surface area (Å²) in [7, 11) is 1.86. The van der Waals surface area contributed by atoms with E-state index in [-0.39, 0.29) is 5.92 Å². The first-order valence-corrected chi connectivity index (χ1v) is 8.38. The summed E-state index contributed by atoms with van der Waals surface area (Å²) in [6.07, 6.45) is 0.161. The van der Waals surface area contributed by atoms with E-state index in [1.165, 1.54) is 12.1 Å². The maximum absolute atomic E-state index is 12.8. The number of benzene rings is 1. The molecule has 1 atom stereocenters. The van der Waals surface area contributed by atoms with Crippen LogP contribution in [-0.4, -0.2) is 32.6 Å². The molecule has 0 spiro atoms. The molecule has 0 aliphatic carbocycles. The Morgan fingerprint density at radius 2 is 2.00 bits per heavy atom. The lowest BCUT2D eigenvalue weighted by atomic mass is 9.90. The monoisotopic (exact) mass is 353 g/mol. The topological polar surface area (TPSA) is 41.3 Å². The van der Waals surface area contributed by atoms with Gasteiger partial charge in [0.05, 0.1) is 5.56 Å². The fourth-order valence-electron chi connectivity index (χ4n) is 3.40.